The molecule has 0 radical (unpaired) electrons. The number of methoxy groups -OCH3 is 2. The molecule has 0 saturated carbocycles. The lowest BCUT2D eigenvalue weighted by atomic mass is 9.54. The monoisotopic (exact) mass is 499 g/mol. The molecule has 8 heteroatoms. The zero-order chi connectivity index (χ0) is 26.2. The number of fused-ring (bicyclic) bond motifs is 1. The van der Waals surface area contributed by atoms with Crippen LogP contribution in [0.4, 0.5) is 5.82 Å². The molecular formula is C29H33N5O3. The van der Waals surface area contributed by atoms with E-state index in [1.807, 2.05) is 35.4 Å². The van der Waals surface area contributed by atoms with Gasteiger partial charge in [-0.3, -0.25) is 4.79 Å². The first kappa shape index (κ1) is 24.6. The third-order valence-corrected chi connectivity index (χ3v) is 8.16. The Balaban J connectivity index is 1.78. The average molecular weight is 500 g/mol. The number of aromatic amines is 1. The van der Waals surface area contributed by atoms with E-state index in [0.29, 0.717) is 47.1 Å². The molecule has 0 spiro atoms. The van der Waals surface area contributed by atoms with Gasteiger partial charge in [0, 0.05) is 48.8 Å². The minimum Gasteiger partial charge on any atom is -0.493 e. The first-order valence-corrected chi connectivity index (χ1v) is 12.5. The summed E-state index contributed by atoms with van der Waals surface area (Å²) < 4.78 is 11.0. The highest BCUT2D eigenvalue weighted by Crippen LogP contribution is 2.53. The molecule has 0 bridgehead atoms. The van der Waals surface area contributed by atoms with Crippen molar-refractivity contribution in [3.05, 3.63) is 77.9 Å². The first-order chi connectivity index (χ1) is 17.8. The van der Waals surface area contributed by atoms with Gasteiger partial charge >= 0.3 is 0 Å². The zero-order valence-corrected chi connectivity index (χ0v) is 21.7. The topological polar surface area (TPSA) is 106 Å². The number of nitrogens with zero attached hydrogens (tertiary/aromatic N) is 3. The van der Waals surface area contributed by atoms with Crippen LogP contribution in [0, 0.1) is 0 Å². The maximum atomic E-state index is 12.3. The van der Waals surface area contributed by atoms with Gasteiger partial charge in [0.2, 0.25) is 5.91 Å². The Bertz CT molecular complexity index is 1410. The van der Waals surface area contributed by atoms with Crippen molar-refractivity contribution < 1.29 is 14.3 Å². The number of carbonyl (C=O) groups is 1. The third kappa shape index (κ3) is 3.87. The maximum Gasteiger partial charge on any atom is 0.219 e. The highest BCUT2D eigenvalue weighted by Gasteiger charge is 2.55. The van der Waals surface area contributed by atoms with Crippen molar-refractivity contribution in [1.29, 1.82) is 0 Å². The first-order valence-electron chi connectivity index (χ1n) is 12.5. The van der Waals surface area contributed by atoms with Crippen molar-refractivity contribution >= 4 is 22.6 Å². The number of hydrogen-bond donors (Lipinski definition) is 2. The van der Waals surface area contributed by atoms with E-state index in [1.54, 1.807) is 21.1 Å². The molecule has 1 aliphatic rings. The van der Waals surface area contributed by atoms with Gasteiger partial charge in [0.25, 0.3) is 0 Å². The Labute approximate surface area is 216 Å². The van der Waals surface area contributed by atoms with Crippen molar-refractivity contribution in [2.75, 3.05) is 33.0 Å². The minimum atomic E-state index is -0.684. The van der Waals surface area contributed by atoms with E-state index in [-0.39, 0.29) is 5.91 Å². The van der Waals surface area contributed by atoms with Crippen LogP contribution < -0.4 is 15.2 Å². The highest BCUT2D eigenvalue weighted by molar-refractivity contribution is 5.91. The van der Waals surface area contributed by atoms with E-state index < -0.39 is 10.8 Å². The number of hydrogen-bond acceptors (Lipinski definition) is 6. The van der Waals surface area contributed by atoms with Gasteiger partial charge in [-0.2, -0.15) is 0 Å². The summed E-state index contributed by atoms with van der Waals surface area (Å²) >= 11 is 0. The molecule has 2 aromatic carbocycles. The van der Waals surface area contributed by atoms with Crippen molar-refractivity contribution in [1.82, 2.24) is 19.9 Å². The lowest BCUT2D eigenvalue weighted by molar-refractivity contribution is -0.130. The van der Waals surface area contributed by atoms with Gasteiger partial charge in [-0.1, -0.05) is 30.3 Å². The molecule has 37 heavy (non-hydrogen) atoms. The second-order valence-electron chi connectivity index (χ2n) is 9.82. The number of ether oxygens (including phenoxy) is 2. The van der Waals surface area contributed by atoms with Crippen LogP contribution in [0.5, 0.6) is 11.5 Å². The van der Waals surface area contributed by atoms with Gasteiger partial charge in [0.15, 0.2) is 11.5 Å². The van der Waals surface area contributed by atoms with Gasteiger partial charge in [-0.05, 0) is 43.5 Å². The number of nitrogen functional groups attached to an aromatic ring is 1. The molecule has 5 rings (SSSR count). The molecule has 8 nitrogen and oxygen atoms in total. The van der Waals surface area contributed by atoms with Crippen LogP contribution in [0.1, 0.15) is 43.8 Å². The molecule has 1 atom stereocenters. The summed E-state index contributed by atoms with van der Waals surface area (Å²) in [5.74, 6) is 2.24. The zero-order valence-electron chi connectivity index (χ0n) is 21.7. The van der Waals surface area contributed by atoms with E-state index in [1.165, 1.54) is 5.56 Å². The standard InChI is InChI=1S/C29H33N5O3/c1-19(35)34-15-12-29(13-16-34,20-9-6-5-7-10-20)28(2,25-11-8-14-31-25)27-32-22-18-24(37-4)23(36-3)17-21(22)26(30)33-27/h5-11,14,17-18,31H,12-13,15-16H2,1-4H3,(H2,30,32,33). The summed E-state index contributed by atoms with van der Waals surface area (Å²) in [5.41, 5.74) is 8.36. The largest absolute Gasteiger partial charge is 0.493 e. The molecule has 192 valence electrons. The number of rotatable bonds is 6. The van der Waals surface area contributed by atoms with Gasteiger partial charge in [0.05, 0.1) is 25.2 Å². The number of nitrogens with one attached hydrogen (secondary N) is 1. The van der Waals surface area contributed by atoms with Crippen molar-refractivity contribution in [2.45, 2.75) is 37.5 Å². The fourth-order valence-electron chi connectivity index (χ4n) is 5.97. The molecule has 4 aromatic rings. The number of H-pyrrole nitrogens is 1. The Hall–Kier alpha value is -4.07. The predicted molar refractivity (Wildman–Crippen MR) is 144 cm³/mol. The van der Waals surface area contributed by atoms with Crippen molar-refractivity contribution in [3.8, 4) is 11.5 Å². The predicted octanol–water partition coefficient (Wildman–Crippen LogP) is 4.44. The van der Waals surface area contributed by atoms with E-state index in [9.17, 15) is 4.79 Å². The van der Waals surface area contributed by atoms with E-state index in [2.05, 4.69) is 42.2 Å². The maximum absolute atomic E-state index is 12.3. The molecule has 1 unspecified atom stereocenters. The number of anilines is 1. The molecule has 3 N–H and O–H groups in total. The lowest BCUT2D eigenvalue weighted by Gasteiger charge is -2.52. The molecule has 1 saturated heterocycles. The summed E-state index contributed by atoms with van der Waals surface area (Å²) in [6.45, 7) is 5.12. The summed E-state index contributed by atoms with van der Waals surface area (Å²) in [6, 6.07) is 18.2. The van der Waals surface area contributed by atoms with Gasteiger partial charge < -0.3 is 25.1 Å². The van der Waals surface area contributed by atoms with Crippen molar-refractivity contribution in [3.63, 3.8) is 0 Å². The smallest absolute Gasteiger partial charge is 0.219 e. The second-order valence-corrected chi connectivity index (χ2v) is 9.82. The minimum absolute atomic E-state index is 0.0930. The fourth-order valence-corrected chi connectivity index (χ4v) is 5.97. The lowest BCUT2D eigenvalue weighted by Crippen LogP contribution is -2.56. The van der Waals surface area contributed by atoms with Crippen molar-refractivity contribution in [2.24, 2.45) is 0 Å². The summed E-state index contributed by atoms with van der Waals surface area (Å²) in [5, 5.41) is 0.704. The number of benzene rings is 2. The number of amides is 1. The fraction of sp³-hybridized carbons (Fsp3) is 0.345. The van der Waals surface area contributed by atoms with E-state index in [0.717, 1.165) is 18.5 Å². The quantitative estimate of drug-likeness (QED) is 0.406. The van der Waals surface area contributed by atoms with Crippen LogP contribution in [0.2, 0.25) is 0 Å². The second kappa shape index (κ2) is 9.42. The Morgan fingerprint density at radius 3 is 2.30 bits per heavy atom. The summed E-state index contributed by atoms with van der Waals surface area (Å²) in [7, 11) is 3.19. The van der Waals surface area contributed by atoms with Crippen LogP contribution >= 0.6 is 0 Å². The summed E-state index contributed by atoms with van der Waals surface area (Å²) in [6.07, 6.45) is 3.42. The number of carbonyl (C=O) groups excluding carboxylic acids is 1. The van der Waals surface area contributed by atoms with E-state index >= 15 is 0 Å². The molecule has 3 heterocycles. The van der Waals surface area contributed by atoms with Crippen LogP contribution in [0.25, 0.3) is 10.9 Å². The molecule has 1 aliphatic heterocycles. The van der Waals surface area contributed by atoms with Crippen LogP contribution in [-0.2, 0) is 15.6 Å². The van der Waals surface area contributed by atoms with Gasteiger partial charge in [0.1, 0.15) is 11.6 Å². The number of piperidine rings is 1. The average Bonchev–Trinajstić information content (AvgIpc) is 3.48. The van der Waals surface area contributed by atoms with Gasteiger partial charge in [-0.15, -0.1) is 0 Å². The number of aromatic nitrogens is 3. The Morgan fingerprint density at radius 1 is 1.03 bits per heavy atom. The normalized spacial score (nSPS) is 16.8. The Kier molecular flexibility index (Phi) is 6.27. The summed E-state index contributed by atoms with van der Waals surface area (Å²) in [4.78, 5) is 27.7. The Morgan fingerprint density at radius 2 is 1.70 bits per heavy atom. The van der Waals surface area contributed by atoms with E-state index in [4.69, 9.17) is 25.2 Å². The van der Waals surface area contributed by atoms with Gasteiger partial charge in [-0.25, -0.2) is 9.97 Å². The number of nitrogens with two attached hydrogens (primary N) is 1. The van der Waals surface area contributed by atoms with Crippen LogP contribution in [0.3, 0.4) is 0 Å². The molecular weight excluding hydrogens is 466 g/mol. The molecule has 1 fully saturated rings. The molecule has 2 aromatic heterocycles. The van der Waals surface area contributed by atoms with Crippen LogP contribution in [-0.4, -0.2) is 53.1 Å². The molecule has 0 aliphatic carbocycles. The number of likely N-dealkylation sites (tertiary alicyclic amines) is 1. The highest BCUT2D eigenvalue weighted by atomic mass is 16.5. The molecule has 1 amide bonds. The third-order valence-electron chi connectivity index (χ3n) is 8.16. The SMILES string of the molecule is COc1cc2nc(C(C)(c3ccc[nH]3)C3(c4ccccc4)CCN(C(C)=O)CC3)nc(N)c2cc1OC. The van der Waals surface area contributed by atoms with Crippen LogP contribution in [0.15, 0.2) is 60.8 Å².